The molecular weight excluding hydrogens is 428 g/mol. The van der Waals surface area contributed by atoms with Crippen LogP contribution in [0.25, 0.3) is 0 Å². The van der Waals surface area contributed by atoms with E-state index in [4.69, 9.17) is 20.4 Å². The van der Waals surface area contributed by atoms with Crippen LogP contribution in [0.2, 0.25) is 0 Å². The van der Waals surface area contributed by atoms with E-state index in [0.717, 1.165) is 68.5 Å². The normalized spacial score (nSPS) is 21.2. The van der Waals surface area contributed by atoms with Crippen LogP contribution in [-0.4, -0.2) is 49.3 Å². The molecular formula is C21H30Cl2FN5O. The Bertz CT molecular complexity index is 804. The second-order valence-electron chi connectivity index (χ2n) is 7.73. The van der Waals surface area contributed by atoms with Crippen LogP contribution in [0.4, 0.5) is 15.9 Å². The fraction of sp³-hybridized carbons (Fsp3) is 0.524. The Morgan fingerprint density at radius 2 is 1.70 bits per heavy atom. The molecule has 0 spiro atoms. The minimum absolute atomic E-state index is 0. The van der Waals surface area contributed by atoms with Crippen LogP contribution < -0.4 is 15.5 Å². The van der Waals surface area contributed by atoms with Crippen molar-refractivity contribution in [3.63, 3.8) is 0 Å². The van der Waals surface area contributed by atoms with Gasteiger partial charge in [0.25, 0.3) is 0 Å². The van der Waals surface area contributed by atoms with Crippen LogP contribution in [0.5, 0.6) is 0 Å². The Morgan fingerprint density at radius 3 is 2.37 bits per heavy atom. The molecule has 2 heterocycles. The van der Waals surface area contributed by atoms with Crippen molar-refractivity contribution in [1.29, 1.82) is 0 Å². The first kappa shape index (κ1) is 24.6. The van der Waals surface area contributed by atoms with Crippen LogP contribution in [0.3, 0.4) is 0 Å². The number of benzene rings is 1. The van der Waals surface area contributed by atoms with Crippen LogP contribution >= 0.6 is 24.8 Å². The highest BCUT2D eigenvalue weighted by molar-refractivity contribution is 5.85. The quantitative estimate of drug-likeness (QED) is 0.740. The van der Waals surface area contributed by atoms with Crippen molar-refractivity contribution in [2.24, 2.45) is 5.73 Å². The number of halogens is 3. The van der Waals surface area contributed by atoms with Gasteiger partial charge >= 0.3 is 0 Å². The van der Waals surface area contributed by atoms with Crippen LogP contribution in [-0.2, 0) is 11.3 Å². The summed E-state index contributed by atoms with van der Waals surface area (Å²) >= 11 is 0. The van der Waals surface area contributed by atoms with Crippen LogP contribution in [0.15, 0.2) is 30.3 Å². The Kier molecular flexibility index (Phi) is 9.09. The summed E-state index contributed by atoms with van der Waals surface area (Å²) in [5.74, 6) is 1.93. The van der Waals surface area contributed by atoms with Gasteiger partial charge in [0.1, 0.15) is 18.2 Å². The van der Waals surface area contributed by atoms with Gasteiger partial charge in [-0.15, -0.1) is 24.8 Å². The first-order valence-electron chi connectivity index (χ1n) is 10.00. The molecule has 1 aliphatic carbocycles. The summed E-state index contributed by atoms with van der Waals surface area (Å²) in [5.41, 5.74) is 8.12. The molecule has 2 N–H and O–H groups in total. The lowest BCUT2D eigenvalue weighted by molar-refractivity contribution is 0.177. The topological polar surface area (TPSA) is 67.5 Å². The van der Waals surface area contributed by atoms with Gasteiger partial charge in [-0.2, -0.15) is 0 Å². The molecule has 1 aliphatic heterocycles. The molecule has 1 aromatic carbocycles. The van der Waals surface area contributed by atoms with E-state index >= 15 is 0 Å². The summed E-state index contributed by atoms with van der Waals surface area (Å²) in [6.45, 7) is 4.03. The summed E-state index contributed by atoms with van der Waals surface area (Å²) in [6, 6.07) is 9.17. The predicted molar refractivity (Wildman–Crippen MR) is 123 cm³/mol. The SMILES string of the molecule is COCc1nc(C2CC(N)C2)cc(N2CCCN(c3ccc(F)cc3)CC2)n1.Cl.Cl. The molecule has 2 aromatic rings. The lowest BCUT2D eigenvalue weighted by Gasteiger charge is -2.33. The average Bonchev–Trinajstić information content (AvgIpc) is 2.92. The summed E-state index contributed by atoms with van der Waals surface area (Å²) in [7, 11) is 1.67. The number of methoxy groups -OCH3 is 1. The van der Waals surface area contributed by atoms with Gasteiger partial charge in [0.05, 0.1) is 0 Å². The summed E-state index contributed by atoms with van der Waals surface area (Å²) in [5, 5.41) is 0. The maximum absolute atomic E-state index is 13.2. The Hall–Kier alpha value is -1.67. The minimum Gasteiger partial charge on any atom is -0.377 e. The summed E-state index contributed by atoms with van der Waals surface area (Å²) in [4.78, 5) is 14.1. The molecule has 1 saturated heterocycles. The van der Waals surface area contributed by atoms with Gasteiger partial charge in [-0.1, -0.05) is 0 Å². The zero-order valence-corrected chi connectivity index (χ0v) is 18.8. The molecule has 30 heavy (non-hydrogen) atoms. The van der Waals surface area contributed by atoms with E-state index in [0.29, 0.717) is 12.5 Å². The number of hydrogen-bond acceptors (Lipinski definition) is 6. The smallest absolute Gasteiger partial charge is 0.156 e. The van der Waals surface area contributed by atoms with Gasteiger partial charge < -0.3 is 20.3 Å². The molecule has 0 atom stereocenters. The maximum Gasteiger partial charge on any atom is 0.156 e. The third-order valence-electron chi connectivity index (χ3n) is 5.66. The van der Waals surface area contributed by atoms with E-state index in [1.165, 1.54) is 12.1 Å². The number of ether oxygens (including phenoxy) is 1. The van der Waals surface area contributed by atoms with Crippen LogP contribution in [0, 0.1) is 5.82 Å². The number of aromatic nitrogens is 2. The van der Waals surface area contributed by atoms with E-state index in [1.54, 1.807) is 7.11 Å². The molecule has 1 aromatic heterocycles. The number of nitrogens with zero attached hydrogens (tertiary/aromatic N) is 4. The fourth-order valence-corrected chi connectivity index (χ4v) is 4.03. The Labute approximate surface area is 189 Å². The van der Waals surface area contributed by atoms with Crippen molar-refractivity contribution in [2.45, 2.75) is 37.8 Å². The molecule has 2 aliphatic rings. The second kappa shape index (κ2) is 11.1. The first-order valence-corrected chi connectivity index (χ1v) is 10.00. The van der Waals surface area contributed by atoms with E-state index in [2.05, 4.69) is 15.9 Å². The van der Waals surface area contributed by atoms with Gasteiger partial charge in [0.15, 0.2) is 5.82 Å². The van der Waals surface area contributed by atoms with Crippen LogP contribution in [0.1, 0.15) is 36.7 Å². The van der Waals surface area contributed by atoms with Crippen molar-refractivity contribution in [3.8, 4) is 0 Å². The Balaban J connectivity index is 0.00000160. The highest BCUT2D eigenvalue weighted by atomic mass is 35.5. The lowest BCUT2D eigenvalue weighted by atomic mass is 9.78. The predicted octanol–water partition coefficient (Wildman–Crippen LogP) is 3.53. The number of nitrogens with two attached hydrogens (primary N) is 1. The van der Waals surface area contributed by atoms with Crippen molar-refractivity contribution >= 4 is 36.3 Å². The molecule has 0 amide bonds. The van der Waals surface area contributed by atoms with E-state index in [1.807, 2.05) is 12.1 Å². The van der Waals surface area contributed by atoms with Gasteiger partial charge in [-0.05, 0) is 43.5 Å². The monoisotopic (exact) mass is 457 g/mol. The molecule has 0 bridgehead atoms. The molecule has 1 saturated carbocycles. The minimum atomic E-state index is -0.199. The zero-order valence-electron chi connectivity index (χ0n) is 17.2. The standard InChI is InChI=1S/C21H28FN5O.2ClH/c1-28-14-20-24-19(15-11-17(23)12-15)13-21(25-20)27-8-2-7-26(9-10-27)18-5-3-16(22)4-6-18;;/h3-6,13,15,17H,2,7-12,14,23H2,1H3;2*1H. The van der Waals surface area contributed by atoms with E-state index in [9.17, 15) is 4.39 Å². The van der Waals surface area contributed by atoms with Gasteiger partial charge in [0, 0.05) is 62.7 Å². The maximum atomic E-state index is 13.2. The van der Waals surface area contributed by atoms with Crippen molar-refractivity contribution < 1.29 is 9.13 Å². The molecule has 2 fully saturated rings. The van der Waals surface area contributed by atoms with Gasteiger partial charge in [-0.3, -0.25) is 0 Å². The largest absolute Gasteiger partial charge is 0.377 e. The third-order valence-corrected chi connectivity index (χ3v) is 5.66. The van der Waals surface area contributed by atoms with Crippen molar-refractivity contribution in [1.82, 2.24) is 9.97 Å². The molecule has 4 rings (SSSR count). The average molecular weight is 458 g/mol. The number of rotatable bonds is 5. The summed E-state index contributed by atoms with van der Waals surface area (Å²) in [6.07, 6.45) is 2.99. The number of anilines is 2. The Morgan fingerprint density at radius 1 is 1.03 bits per heavy atom. The summed E-state index contributed by atoms with van der Waals surface area (Å²) < 4.78 is 18.5. The van der Waals surface area contributed by atoms with Gasteiger partial charge in [-0.25, -0.2) is 14.4 Å². The molecule has 166 valence electrons. The fourth-order valence-electron chi connectivity index (χ4n) is 4.03. The molecule has 0 radical (unpaired) electrons. The van der Waals surface area contributed by atoms with Crippen molar-refractivity contribution in [3.05, 3.63) is 47.7 Å². The first-order chi connectivity index (χ1) is 13.6. The highest BCUT2D eigenvalue weighted by Gasteiger charge is 2.30. The van der Waals surface area contributed by atoms with Gasteiger partial charge in [0.2, 0.25) is 0 Å². The highest BCUT2D eigenvalue weighted by Crippen LogP contribution is 2.35. The molecule has 9 heteroatoms. The van der Waals surface area contributed by atoms with E-state index < -0.39 is 0 Å². The second-order valence-corrected chi connectivity index (χ2v) is 7.73. The zero-order chi connectivity index (χ0) is 19.5. The molecule has 6 nitrogen and oxygen atoms in total. The lowest BCUT2D eigenvalue weighted by Crippen LogP contribution is -2.36. The van der Waals surface area contributed by atoms with Crippen molar-refractivity contribution in [2.75, 3.05) is 43.1 Å². The molecule has 0 unspecified atom stereocenters. The van der Waals surface area contributed by atoms with E-state index in [-0.39, 0.29) is 36.7 Å². The number of hydrogen-bond donors (Lipinski definition) is 1. The third kappa shape index (κ3) is 5.72.